The van der Waals surface area contributed by atoms with Crippen LogP contribution in [-0.4, -0.2) is 51.2 Å². The van der Waals surface area contributed by atoms with Gasteiger partial charge in [0.05, 0.1) is 34.2 Å². The molecule has 2 N–H and O–H groups in total. The Hall–Kier alpha value is -3.71. The number of hydrogen-bond donors (Lipinski definition) is 2. The average Bonchev–Trinajstić information content (AvgIpc) is 3.42. The topological polar surface area (TPSA) is 97.1 Å². The van der Waals surface area contributed by atoms with E-state index in [1.807, 2.05) is 6.07 Å². The molecule has 1 saturated heterocycles. The number of carbonyl (C=O) groups excluding carboxylic acids is 1. The number of halogens is 3. The summed E-state index contributed by atoms with van der Waals surface area (Å²) in [7, 11) is 1.27. The lowest BCUT2D eigenvalue weighted by atomic mass is 10.1. The molecule has 0 bridgehead atoms. The number of nitrogens with zero attached hydrogens (tertiary/aromatic N) is 5. The number of amides is 1. The number of alkyl halides is 3. The van der Waals surface area contributed by atoms with E-state index < -0.39 is 23.3 Å². The van der Waals surface area contributed by atoms with Crippen LogP contribution in [0.4, 0.5) is 24.5 Å². The third-order valence-corrected chi connectivity index (χ3v) is 6.62. The van der Waals surface area contributed by atoms with Crippen molar-refractivity contribution < 1.29 is 18.0 Å². The molecule has 1 aliphatic heterocycles. The van der Waals surface area contributed by atoms with Crippen LogP contribution in [-0.2, 0) is 13.2 Å². The number of aromatic nitrogens is 4. The molecule has 0 radical (unpaired) electrons. The fraction of sp³-hybridized carbons (Fsp3) is 0.273. The molecular formula is C22H20F3N7O2S. The first kappa shape index (κ1) is 23.1. The predicted molar refractivity (Wildman–Crippen MR) is 126 cm³/mol. The maximum atomic E-state index is 13.5. The normalized spacial score (nSPS) is 14.5. The Morgan fingerprint density at radius 1 is 1.20 bits per heavy atom. The molecule has 0 atom stereocenters. The maximum Gasteiger partial charge on any atom is 0.418 e. The lowest BCUT2D eigenvalue weighted by Crippen LogP contribution is -2.43. The predicted octanol–water partition coefficient (Wildman–Crippen LogP) is 2.86. The van der Waals surface area contributed by atoms with E-state index in [1.54, 1.807) is 12.4 Å². The number of anilines is 2. The number of para-hydroxylation sites is 1. The molecule has 4 heterocycles. The van der Waals surface area contributed by atoms with Gasteiger partial charge in [-0.15, -0.1) is 11.3 Å². The zero-order chi connectivity index (χ0) is 24.7. The fourth-order valence-corrected chi connectivity index (χ4v) is 4.86. The summed E-state index contributed by atoms with van der Waals surface area (Å²) in [6, 6.07) is 5.40. The van der Waals surface area contributed by atoms with Crippen molar-refractivity contribution in [3.05, 3.63) is 63.1 Å². The zero-order valence-electron chi connectivity index (χ0n) is 18.5. The van der Waals surface area contributed by atoms with Crippen molar-refractivity contribution in [1.82, 2.24) is 24.4 Å². The molecule has 1 aromatic carbocycles. The number of pyridine rings is 1. The van der Waals surface area contributed by atoms with E-state index in [1.165, 1.54) is 24.6 Å². The van der Waals surface area contributed by atoms with Crippen LogP contribution < -0.4 is 21.2 Å². The largest absolute Gasteiger partial charge is 0.418 e. The number of fused-ring (bicyclic) bond motifs is 1. The lowest BCUT2D eigenvalue weighted by molar-refractivity contribution is -0.136. The number of hydrogen-bond acceptors (Lipinski definition) is 7. The minimum atomic E-state index is -4.63. The summed E-state index contributed by atoms with van der Waals surface area (Å²) in [5.74, 6) is -0.432. The van der Waals surface area contributed by atoms with Gasteiger partial charge in [-0.3, -0.25) is 14.3 Å². The minimum absolute atomic E-state index is 0.0536. The zero-order valence-corrected chi connectivity index (χ0v) is 19.3. The molecule has 3 aromatic heterocycles. The van der Waals surface area contributed by atoms with Crippen molar-refractivity contribution in [3.8, 4) is 5.82 Å². The molecule has 35 heavy (non-hydrogen) atoms. The van der Waals surface area contributed by atoms with Gasteiger partial charge in [-0.1, -0.05) is 6.07 Å². The second-order valence-corrected chi connectivity index (χ2v) is 8.80. The van der Waals surface area contributed by atoms with Gasteiger partial charge in [-0.05, 0) is 18.2 Å². The van der Waals surface area contributed by atoms with Crippen molar-refractivity contribution in [2.45, 2.75) is 6.18 Å². The first-order valence-electron chi connectivity index (χ1n) is 10.7. The second-order valence-electron chi connectivity index (χ2n) is 7.94. The number of imidazole rings is 1. The highest BCUT2D eigenvalue weighted by atomic mass is 32.1. The molecule has 9 nitrogen and oxygen atoms in total. The van der Waals surface area contributed by atoms with E-state index >= 15 is 0 Å². The van der Waals surface area contributed by atoms with Crippen LogP contribution in [0.1, 0.15) is 15.4 Å². The van der Waals surface area contributed by atoms with Crippen LogP contribution in [0.15, 0.2) is 46.8 Å². The van der Waals surface area contributed by atoms with Gasteiger partial charge < -0.3 is 15.5 Å². The van der Waals surface area contributed by atoms with Crippen LogP contribution >= 0.6 is 11.3 Å². The Labute approximate surface area is 200 Å². The van der Waals surface area contributed by atoms with Gasteiger partial charge in [0.25, 0.3) is 5.91 Å². The molecule has 0 unspecified atom stereocenters. The number of piperazine rings is 1. The molecule has 4 aromatic rings. The van der Waals surface area contributed by atoms with E-state index in [0.29, 0.717) is 5.69 Å². The number of thiazole rings is 1. The number of nitrogens with one attached hydrogen (secondary N) is 2. The summed E-state index contributed by atoms with van der Waals surface area (Å²) in [5.41, 5.74) is -0.455. The molecule has 13 heteroatoms. The second kappa shape index (κ2) is 8.82. The molecule has 5 rings (SSSR count). The number of carbonyl (C=O) groups is 1. The number of rotatable bonds is 4. The van der Waals surface area contributed by atoms with Gasteiger partial charge in [-0.2, -0.15) is 13.2 Å². The Bertz CT molecular complexity index is 1470. The quantitative estimate of drug-likeness (QED) is 0.445. The lowest BCUT2D eigenvalue weighted by Gasteiger charge is -2.30. The van der Waals surface area contributed by atoms with Crippen LogP contribution in [0.5, 0.6) is 0 Å². The van der Waals surface area contributed by atoms with Crippen molar-refractivity contribution in [3.63, 3.8) is 0 Å². The molecule has 182 valence electrons. The highest BCUT2D eigenvalue weighted by molar-refractivity contribution is 7.12. The summed E-state index contributed by atoms with van der Waals surface area (Å²) in [4.78, 5) is 36.3. The smallest absolute Gasteiger partial charge is 0.367 e. The monoisotopic (exact) mass is 503 g/mol. The van der Waals surface area contributed by atoms with Gasteiger partial charge in [-0.25, -0.2) is 14.3 Å². The van der Waals surface area contributed by atoms with Crippen molar-refractivity contribution in [1.29, 1.82) is 0 Å². The summed E-state index contributed by atoms with van der Waals surface area (Å²) >= 11 is 0.991. The van der Waals surface area contributed by atoms with Gasteiger partial charge >= 0.3 is 11.9 Å². The maximum absolute atomic E-state index is 13.5. The van der Waals surface area contributed by atoms with Gasteiger partial charge in [0.15, 0.2) is 10.8 Å². The first-order chi connectivity index (χ1) is 16.8. The fourth-order valence-electron chi connectivity index (χ4n) is 4.18. The highest BCUT2D eigenvalue weighted by Gasteiger charge is 2.35. The Morgan fingerprint density at radius 2 is 1.97 bits per heavy atom. The Morgan fingerprint density at radius 3 is 2.71 bits per heavy atom. The molecule has 0 saturated carbocycles. The number of aryl methyl sites for hydroxylation is 1. The average molecular weight is 504 g/mol. The van der Waals surface area contributed by atoms with E-state index in [0.717, 1.165) is 58.4 Å². The summed E-state index contributed by atoms with van der Waals surface area (Å²) < 4.78 is 42.6. The van der Waals surface area contributed by atoms with Gasteiger partial charge in [0, 0.05) is 44.8 Å². The standard InChI is InChI=1S/C22H20F3N7O2S/c1-30-18-13(22(23,24)25)3-2-4-16(18)32(21(30)34)17-12-35-20(29-17)19(33)28-14-11-27-6-5-15(14)31-9-7-26-8-10-31/h2-6,11-12,26H,7-10H2,1H3,(H,28,33). The third kappa shape index (κ3) is 4.17. The van der Waals surface area contributed by atoms with Crippen LogP contribution in [0.25, 0.3) is 16.9 Å². The first-order valence-corrected chi connectivity index (χ1v) is 11.6. The van der Waals surface area contributed by atoms with Crippen molar-refractivity contribution in [2.24, 2.45) is 7.05 Å². The highest BCUT2D eigenvalue weighted by Crippen LogP contribution is 2.35. The van der Waals surface area contributed by atoms with Crippen molar-refractivity contribution in [2.75, 3.05) is 36.4 Å². The van der Waals surface area contributed by atoms with E-state index in [9.17, 15) is 22.8 Å². The van der Waals surface area contributed by atoms with E-state index in [2.05, 4.69) is 25.5 Å². The molecule has 1 amide bonds. The van der Waals surface area contributed by atoms with Gasteiger partial charge in [0.2, 0.25) is 0 Å². The minimum Gasteiger partial charge on any atom is -0.367 e. The van der Waals surface area contributed by atoms with Crippen LogP contribution in [0.2, 0.25) is 0 Å². The van der Waals surface area contributed by atoms with Crippen LogP contribution in [0, 0.1) is 0 Å². The van der Waals surface area contributed by atoms with Crippen LogP contribution in [0.3, 0.4) is 0 Å². The molecule has 1 aliphatic rings. The van der Waals surface area contributed by atoms with E-state index in [-0.39, 0.29) is 21.9 Å². The third-order valence-electron chi connectivity index (χ3n) is 5.79. The summed E-state index contributed by atoms with van der Waals surface area (Å²) in [6.45, 7) is 3.19. The molecule has 1 fully saturated rings. The van der Waals surface area contributed by atoms with Gasteiger partial charge in [0.1, 0.15) is 0 Å². The Kier molecular flexibility index (Phi) is 5.81. The SMILES string of the molecule is Cn1c(=O)n(-c2csc(C(=O)Nc3cnccc3N3CCNCC3)n2)c2cccc(C(F)(F)F)c21. The summed E-state index contributed by atoms with van der Waals surface area (Å²) in [6.07, 6.45) is -1.43. The summed E-state index contributed by atoms with van der Waals surface area (Å²) in [5, 5.41) is 7.62. The van der Waals surface area contributed by atoms with E-state index in [4.69, 9.17) is 0 Å². The van der Waals surface area contributed by atoms with Crippen molar-refractivity contribution >= 4 is 39.7 Å². The molecule has 0 spiro atoms. The Balaban J connectivity index is 1.48. The molecular weight excluding hydrogens is 483 g/mol. The molecule has 0 aliphatic carbocycles. The number of benzene rings is 1.